The summed E-state index contributed by atoms with van der Waals surface area (Å²) in [5, 5.41) is 4.79. The van der Waals surface area contributed by atoms with Gasteiger partial charge in [0.05, 0.1) is 36.8 Å². The van der Waals surface area contributed by atoms with Gasteiger partial charge in [0.25, 0.3) is 5.56 Å². The molecule has 168 valence electrons. The van der Waals surface area contributed by atoms with Crippen LogP contribution in [0.4, 0.5) is 0 Å². The van der Waals surface area contributed by atoms with Gasteiger partial charge in [-0.15, -0.1) is 0 Å². The first-order valence-electron chi connectivity index (χ1n) is 10.2. The topological polar surface area (TPSA) is 109 Å². The number of benzene rings is 2. The molecule has 9 heteroatoms. The fourth-order valence-corrected chi connectivity index (χ4v) is 3.31. The van der Waals surface area contributed by atoms with Crippen molar-refractivity contribution in [1.82, 2.24) is 9.66 Å². The molecule has 9 nitrogen and oxygen atoms in total. The van der Waals surface area contributed by atoms with Crippen molar-refractivity contribution in [2.24, 2.45) is 5.10 Å². The Morgan fingerprint density at radius 1 is 1.00 bits per heavy atom. The average Bonchev–Trinajstić information content (AvgIpc) is 3.59. The number of nitrogens with zero attached hydrogens (tertiary/aromatic N) is 3. The summed E-state index contributed by atoms with van der Waals surface area (Å²) in [7, 11) is 1.45. The smallest absolute Gasteiger partial charge is 0.379 e. The number of furan rings is 2. The van der Waals surface area contributed by atoms with Crippen molar-refractivity contribution in [3.05, 3.63) is 101 Å². The number of carbonyl (C=O) groups excluding carboxylic acids is 1. The first kappa shape index (κ1) is 21.0. The van der Waals surface area contributed by atoms with Crippen molar-refractivity contribution in [3.8, 4) is 23.1 Å². The van der Waals surface area contributed by atoms with Crippen molar-refractivity contribution < 1.29 is 23.1 Å². The van der Waals surface area contributed by atoms with E-state index in [4.69, 9.17) is 18.3 Å². The van der Waals surface area contributed by atoms with Crippen molar-refractivity contribution in [2.45, 2.75) is 0 Å². The predicted molar refractivity (Wildman–Crippen MR) is 123 cm³/mol. The highest BCUT2D eigenvalue weighted by Crippen LogP contribution is 2.28. The molecule has 5 aromatic rings. The third-order valence-electron chi connectivity index (χ3n) is 4.93. The SMILES string of the molecule is COc1cc(C=Nn2c(-c3ccco3)nc3ccccc3c2=O)ccc1OC(=O)c1ccco1. The lowest BCUT2D eigenvalue weighted by molar-refractivity contribution is 0.0696. The maximum Gasteiger partial charge on any atom is 0.379 e. The Balaban J connectivity index is 1.51. The minimum absolute atomic E-state index is 0.0707. The van der Waals surface area contributed by atoms with Crippen molar-refractivity contribution in [2.75, 3.05) is 7.11 Å². The molecule has 0 saturated carbocycles. The molecule has 0 radical (unpaired) electrons. The van der Waals surface area contributed by atoms with Gasteiger partial charge in [-0.25, -0.2) is 9.78 Å². The molecule has 0 fully saturated rings. The Morgan fingerprint density at radius 2 is 1.82 bits per heavy atom. The number of rotatable bonds is 6. The molecule has 5 rings (SSSR count). The van der Waals surface area contributed by atoms with E-state index in [-0.39, 0.29) is 22.9 Å². The third-order valence-corrected chi connectivity index (χ3v) is 4.93. The molecule has 0 saturated heterocycles. The number of hydrogen-bond donors (Lipinski definition) is 0. The normalized spacial score (nSPS) is 11.2. The molecule has 0 N–H and O–H groups in total. The van der Waals surface area contributed by atoms with Crippen LogP contribution in [-0.4, -0.2) is 29.0 Å². The standard InChI is InChI=1S/C25H17N3O6/c1-31-22-14-16(10-11-19(22)34-25(30)21-9-5-13-33-21)15-26-28-23(20-8-4-12-32-20)27-18-7-3-2-6-17(18)24(28)29/h2-15H,1H3. The maximum absolute atomic E-state index is 13.2. The van der Waals surface area contributed by atoms with E-state index < -0.39 is 5.97 Å². The molecular weight excluding hydrogens is 438 g/mol. The molecule has 0 amide bonds. The number of hydrogen-bond acceptors (Lipinski definition) is 8. The zero-order valence-corrected chi connectivity index (χ0v) is 17.9. The van der Waals surface area contributed by atoms with Gasteiger partial charge in [-0.3, -0.25) is 4.79 Å². The Hall–Kier alpha value is -4.92. The van der Waals surface area contributed by atoms with E-state index in [2.05, 4.69) is 10.1 Å². The Labute approximate surface area is 192 Å². The van der Waals surface area contributed by atoms with Crippen LogP contribution in [0.2, 0.25) is 0 Å². The second kappa shape index (κ2) is 8.91. The van der Waals surface area contributed by atoms with Crippen LogP contribution in [0.15, 0.2) is 98.0 Å². The summed E-state index contributed by atoms with van der Waals surface area (Å²) < 4.78 is 22.4. The molecule has 0 unspecified atom stereocenters. The van der Waals surface area contributed by atoms with Gasteiger partial charge >= 0.3 is 5.97 Å². The van der Waals surface area contributed by atoms with Crippen LogP contribution in [0.1, 0.15) is 16.1 Å². The number of para-hydroxylation sites is 1. The van der Waals surface area contributed by atoms with E-state index in [1.165, 1.54) is 36.6 Å². The summed E-state index contributed by atoms with van der Waals surface area (Å²) >= 11 is 0. The fraction of sp³-hybridized carbons (Fsp3) is 0.0400. The fourth-order valence-electron chi connectivity index (χ4n) is 3.31. The lowest BCUT2D eigenvalue weighted by Gasteiger charge is -2.09. The second-order valence-electron chi connectivity index (χ2n) is 7.07. The first-order chi connectivity index (χ1) is 16.6. The minimum atomic E-state index is -0.651. The molecule has 3 heterocycles. The number of carbonyl (C=O) groups is 1. The van der Waals surface area contributed by atoms with E-state index in [0.29, 0.717) is 28.0 Å². The molecule has 0 spiro atoms. The lowest BCUT2D eigenvalue weighted by Crippen LogP contribution is -2.20. The lowest BCUT2D eigenvalue weighted by atomic mass is 10.2. The molecular formula is C25H17N3O6. The van der Waals surface area contributed by atoms with E-state index in [1.807, 2.05) is 0 Å². The van der Waals surface area contributed by atoms with Gasteiger partial charge in [0.15, 0.2) is 17.3 Å². The largest absolute Gasteiger partial charge is 0.493 e. The Morgan fingerprint density at radius 3 is 2.59 bits per heavy atom. The van der Waals surface area contributed by atoms with Crippen LogP contribution in [0.3, 0.4) is 0 Å². The molecule has 0 atom stereocenters. The average molecular weight is 455 g/mol. The highest BCUT2D eigenvalue weighted by atomic mass is 16.6. The third kappa shape index (κ3) is 3.97. The van der Waals surface area contributed by atoms with E-state index in [1.54, 1.807) is 60.7 Å². The summed E-state index contributed by atoms with van der Waals surface area (Å²) in [6, 6.07) is 18.4. The van der Waals surface area contributed by atoms with Gasteiger partial charge in [0.2, 0.25) is 11.6 Å². The highest BCUT2D eigenvalue weighted by Gasteiger charge is 2.16. The van der Waals surface area contributed by atoms with Gasteiger partial charge < -0.3 is 18.3 Å². The molecule has 0 aliphatic heterocycles. The van der Waals surface area contributed by atoms with E-state index in [0.717, 1.165) is 0 Å². The zero-order valence-electron chi connectivity index (χ0n) is 17.9. The summed E-state index contributed by atoms with van der Waals surface area (Å²) in [6.07, 6.45) is 4.36. The van der Waals surface area contributed by atoms with E-state index >= 15 is 0 Å². The van der Waals surface area contributed by atoms with E-state index in [9.17, 15) is 9.59 Å². The zero-order chi connectivity index (χ0) is 23.5. The predicted octanol–water partition coefficient (Wildman–Crippen LogP) is 4.36. The van der Waals surface area contributed by atoms with Crippen molar-refractivity contribution in [1.29, 1.82) is 0 Å². The number of esters is 1. The van der Waals surface area contributed by atoms with Crippen LogP contribution < -0.4 is 15.0 Å². The van der Waals surface area contributed by atoms with Crippen LogP contribution in [0, 0.1) is 0 Å². The molecule has 34 heavy (non-hydrogen) atoms. The Kier molecular flexibility index (Phi) is 5.49. The van der Waals surface area contributed by atoms with Gasteiger partial charge in [0, 0.05) is 0 Å². The van der Waals surface area contributed by atoms with Gasteiger partial charge in [0.1, 0.15) is 0 Å². The van der Waals surface area contributed by atoms with Crippen LogP contribution in [0.5, 0.6) is 11.5 Å². The van der Waals surface area contributed by atoms with Crippen LogP contribution >= 0.6 is 0 Å². The van der Waals surface area contributed by atoms with Gasteiger partial charge in [-0.1, -0.05) is 12.1 Å². The molecule has 0 bridgehead atoms. The van der Waals surface area contributed by atoms with Crippen LogP contribution in [0.25, 0.3) is 22.5 Å². The molecule has 2 aromatic carbocycles. The number of aromatic nitrogens is 2. The number of fused-ring (bicyclic) bond motifs is 1. The Bertz CT molecular complexity index is 1550. The second-order valence-corrected chi connectivity index (χ2v) is 7.07. The monoisotopic (exact) mass is 455 g/mol. The maximum atomic E-state index is 13.2. The summed E-state index contributed by atoms with van der Waals surface area (Å²) in [6.45, 7) is 0. The van der Waals surface area contributed by atoms with Crippen LogP contribution in [-0.2, 0) is 0 Å². The summed E-state index contributed by atoms with van der Waals surface area (Å²) in [5.74, 6) is 0.600. The first-order valence-corrected chi connectivity index (χ1v) is 10.2. The molecule has 0 aliphatic rings. The summed E-state index contributed by atoms with van der Waals surface area (Å²) in [5.41, 5.74) is 0.791. The summed E-state index contributed by atoms with van der Waals surface area (Å²) in [4.78, 5) is 29.9. The molecule has 3 aromatic heterocycles. The van der Waals surface area contributed by atoms with Crippen molar-refractivity contribution in [3.63, 3.8) is 0 Å². The number of methoxy groups -OCH3 is 1. The highest BCUT2D eigenvalue weighted by molar-refractivity contribution is 5.89. The molecule has 0 aliphatic carbocycles. The van der Waals surface area contributed by atoms with Crippen molar-refractivity contribution >= 4 is 23.1 Å². The quantitative estimate of drug-likeness (QED) is 0.213. The number of ether oxygens (including phenoxy) is 2. The minimum Gasteiger partial charge on any atom is -0.493 e. The van der Waals surface area contributed by atoms with Gasteiger partial charge in [-0.2, -0.15) is 9.78 Å². The van der Waals surface area contributed by atoms with Gasteiger partial charge in [-0.05, 0) is 60.2 Å².